The number of amides is 3. The number of halogens is 2. The second kappa shape index (κ2) is 9.63. The van der Waals surface area contributed by atoms with Crippen LogP contribution in [-0.2, 0) is 14.4 Å². The molecule has 0 radical (unpaired) electrons. The molecule has 4 rings (SSSR count). The summed E-state index contributed by atoms with van der Waals surface area (Å²) in [6, 6.07) is 12.2. The number of carbonyl (C=O) groups is 3. The van der Waals surface area contributed by atoms with E-state index >= 15 is 0 Å². The van der Waals surface area contributed by atoms with Crippen molar-refractivity contribution in [1.29, 1.82) is 0 Å². The van der Waals surface area contributed by atoms with E-state index < -0.39 is 5.25 Å². The van der Waals surface area contributed by atoms with Crippen LogP contribution >= 0.6 is 35.0 Å². The van der Waals surface area contributed by atoms with Crippen molar-refractivity contribution in [1.82, 2.24) is 0 Å². The number of rotatable bonds is 5. The second-order valence-corrected chi connectivity index (χ2v) is 9.89. The molecule has 162 valence electrons. The molecule has 2 aromatic carbocycles. The van der Waals surface area contributed by atoms with Gasteiger partial charge in [0.2, 0.25) is 17.7 Å². The molecular weight excluding hydrogens is 455 g/mol. The van der Waals surface area contributed by atoms with E-state index in [0.717, 1.165) is 41.2 Å². The molecule has 1 heterocycles. The molecule has 2 fully saturated rings. The number of thioether (sulfide) groups is 1. The van der Waals surface area contributed by atoms with E-state index in [1.54, 1.807) is 18.2 Å². The fourth-order valence-electron chi connectivity index (χ4n) is 4.02. The van der Waals surface area contributed by atoms with Crippen molar-refractivity contribution in [3.05, 3.63) is 52.5 Å². The largest absolute Gasteiger partial charge is 0.326 e. The first-order valence-corrected chi connectivity index (χ1v) is 12.0. The van der Waals surface area contributed by atoms with Gasteiger partial charge in [0.1, 0.15) is 0 Å². The lowest BCUT2D eigenvalue weighted by molar-refractivity contribution is -0.122. The fourth-order valence-corrected chi connectivity index (χ4v) is 5.64. The summed E-state index contributed by atoms with van der Waals surface area (Å²) in [6.45, 7) is 0. The zero-order valence-electron chi connectivity index (χ0n) is 16.8. The maximum Gasteiger partial charge on any atom is 0.247 e. The average Bonchev–Trinajstić information content (AvgIpc) is 3.03. The van der Waals surface area contributed by atoms with Gasteiger partial charge in [-0.05, 0) is 49.2 Å². The minimum atomic E-state index is -0.553. The molecule has 0 spiro atoms. The van der Waals surface area contributed by atoms with E-state index in [2.05, 4.69) is 5.32 Å². The van der Waals surface area contributed by atoms with Gasteiger partial charge in [0.05, 0.1) is 21.0 Å². The summed E-state index contributed by atoms with van der Waals surface area (Å²) in [4.78, 5) is 39.8. The number of nitrogens with zero attached hydrogens (tertiary/aromatic N) is 1. The van der Waals surface area contributed by atoms with E-state index in [-0.39, 0.29) is 45.8 Å². The number of nitrogens with one attached hydrogen (secondary N) is 1. The van der Waals surface area contributed by atoms with Crippen LogP contribution in [0.4, 0.5) is 11.4 Å². The van der Waals surface area contributed by atoms with Gasteiger partial charge in [-0.1, -0.05) is 48.5 Å². The van der Waals surface area contributed by atoms with Crippen LogP contribution in [0.3, 0.4) is 0 Å². The number of hydrogen-bond acceptors (Lipinski definition) is 4. The molecule has 1 saturated heterocycles. The highest BCUT2D eigenvalue weighted by atomic mass is 35.5. The molecule has 0 bridgehead atoms. The van der Waals surface area contributed by atoms with Crippen molar-refractivity contribution in [2.75, 3.05) is 10.2 Å². The standard InChI is InChI=1S/C23H22Cl2N2O3S/c24-17-7-4-8-18(25)21(17)27-20(28)13-19(23(27)30)31-16-11-9-15(10-12-16)26-22(29)14-5-2-1-3-6-14/h4,7-12,14,19H,1-3,5-6,13H2,(H,26,29)/t19-/m0/s1. The lowest BCUT2D eigenvalue weighted by Gasteiger charge is -2.20. The Balaban J connectivity index is 1.41. The molecule has 31 heavy (non-hydrogen) atoms. The fraction of sp³-hybridized carbons (Fsp3) is 0.348. The molecule has 3 amide bonds. The Labute approximate surface area is 195 Å². The molecule has 1 atom stereocenters. The number of para-hydroxylation sites is 1. The Morgan fingerprint density at radius 2 is 1.61 bits per heavy atom. The number of anilines is 2. The second-order valence-electron chi connectivity index (χ2n) is 7.80. The SMILES string of the molecule is O=C(Nc1ccc(S[C@H]2CC(=O)N(c3c(Cl)cccc3Cl)C2=O)cc1)C1CCCCC1. The Bertz CT molecular complexity index is 986. The van der Waals surface area contributed by atoms with Crippen molar-refractivity contribution in [2.45, 2.75) is 48.7 Å². The van der Waals surface area contributed by atoms with E-state index in [0.29, 0.717) is 0 Å². The van der Waals surface area contributed by atoms with Gasteiger partial charge in [0.15, 0.2) is 0 Å². The van der Waals surface area contributed by atoms with Gasteiger partial charge in [0, 0.05) is 22.9 Å². The Kier molecular flexibility index (Phi) is 6.89. The molecule has 8 heteroatoms. The number of imide groups is 1. The molecular formula is C23H22Cl2N2O3S. The van der Waals surface area contributed by atoms with Gasteiger partial charge in [0.25, 0.3) is 0 Å². The van der Waals surface area contributed by atoms with Crippen LogP contribution in [0.25, 0.3) is 0 Å². The summed E-state index contributed by atoms with van der Waals surface area (Å²) in [7, 11) is 0. The molecule has 1 saturated carbocycles. The predicted octanol–water partition coefficient (Wildman–Crippen LogP) is 5.94. The van der Waals surface area contributed by atoms with Crippen LogP contribution in [0, 0.1) is 5.92 Å². The minimum absolute atomic E-state index is 0.0731. The van der Waals surface area contributed by atoms with Crippen LogP contribution in [0.2, 0.25) is 10.0 Å². The van der Waals surface area contributed by atoms with E-state index in [1.807, 2.05) is 24.3 Å². The molecule has 5 nitrogen and oxygen atoms in total. The van der Waals surface area contributed by atoms with Crippen molar-refractivity contribution in [3.8, 4) is 0 Å². The zero-order valence-corrected chi connectivity index (χ0v) is 19.1. The summed E-state index contributed by atoms with van der Waals surface area (Å²) in [5, 5.41) is 2.95. The molecule has 1 aliphatic carbocycles. The normalized spacial score (nSPS) is 19.7. The third-order valence-electron chi connectivity index (χ3n) is 5.64. The molecule has 0 unspecified atom stereocenters. The van der Waals surface area contributed by atoms with Gasteiger partial charge in [-0.3, -0.25) is 14.4 Å². The first kappa shape index (κ1) is 22.2. The third-order valence-corrected chi connectivity index (χ3v) is 7.45. The summed E-state index contributed by atoms with van der Waals surface area (Å²) >= 11 is 13.7. The van der Waals surface area contributed by atoms with Crippen molar-refractivity contribution >= 4 is 64.1 Å². The first-order chi connectivity index (χ1) is 14.9. The van der Waals surface area contributed by atoms with Crippen molar-refractivity contribution in [2.24, 2.45) is 5.92 Å². The van der Waals surface area contributed by atoms with Crippen LogP contribution in [0.5, 0.6) is 0 Å². The Morgan fingerprint density at radius 1 is 0.968 bits per heavy atom. The Morgan fingerprint density at radius 3 is 2.26 bits per heavy atom. The third kappa shape index (κ3) is 4.92. The predicted molar refractivity (Wildman–Crippen MR) is 125 cm³/mol. The molecule has 1 aliphatic heterocycles. The summed E-state index contributed by atoms with van der Waals surface area (Å²) < 4.78 is 0. The van der Waals surface area contributed by atoms with Crippen LogP contribution in [0.15, 0.2) is 47.4 Å². The highest BCUT2D eigenvalue weighted by Crippen LogP contribution is 2.40. The molecule has 1 N–H and O–H groups in total. The highest BCUT2D eigenvalue weighted by molar-refractivity contribution is 8.00. The lowest BCUT2D eigenvalue weighted by atomic mass is 9.88. The number of hydrogen-bond donors (Lipinski definition) is 1. The van der Waals surface area contributed by atoms with Gasteiger partial charge >= 0.3 is 0 Å². The maximum atomic E-state index is 12.9. The van der Waals surface area contributed by atoms with E-state index in [1.165, 1.54) is 18.2 Å². The smallest absolute Gasteiger partial charge is 0.247 e. The minimum Gasteiger partial charge on any atom is -0.326 e. The summed E-state index contributed by atoms with van der Waals surface area (Å²) in [5.74, 6) is -0.495. The average molecular weight is 477 g/mol. The molecule has 2 aromatic rings. The summed E-state index contributed by atoms with van der Waals surface area (Å²) in [5.41, 5.74) is 0.975. The summed E-state index contributed by atoms with van der Waals surface area (Å²) in [6.07, 6.45) is 5.40. The zero-order chi connectivity index (χ0) is 22.0. The van der Waals surface area contributed by atoms with Gasteiger partial charge in [-0.2, -0.15) is 0 Å². The highest BCUT2D eigenvalue weighted by Gasteiger charge is 2.41. The number of benzene rings is 2. The first-order valence-electron chi connectivity index (χ1n) is 10.3. The molecule has 2 aliphatic rings. The quantitative estimate of drug-likeness (QED) is 0.542. The number of carbonyl (C=O) groups excluding carboxylic acids is 3. The van der Waals surface area contributed by atoms with E-state index in [4.69, 9.17) is 23.2 Å². The Hall–Kier alpha value is -2.02. The van der Waals surface area contributed by atoms with E-state index in [9.17, 15) is 14.4 Å². The lowest BCUT2D eigenvalue weighted by Crippen LogP contribution is -2.31. The van der Waals surface area contributed by atoms with Gasteiger partial charge in [-0.25, -0.2) is 4.90 Å². The van der Waals surface area contributed by atoms with Gasteiger partial charge in [-0.15, -0.1) is 11.8 Å². The van der Waals surface area contributed by atoms with Crippen LogP contribution < -0.4 is 10.2 Å². The van der Waals surface area contributed by atoms with Crippen molar-refractivity contribution in [3.63, 3.8) is 0 Å². The monoisotopic (exact) mass is 476 g/mol. The van der Waals surface area contributed by atoms with Crippen LogP contribution in [0.1, 0.15) is 38.5 Å². The molecule has 0 aromatic heterocycles. The van der Waals surface area contributed by atoms with Crippen molar-refractivity contribution < 1.29 is 14.4 Å². The topological polar surface area (TPSA) is 66.5 Å². The maximum absolute atomic E-state index is 12.9. The van der Waals surface area contributed by atoms with Gasteiger partial charge < -0.3 is 5.32 Å². The van der Waals surface area contributed by atoms with Crippen LogP contribution in [-0.4, -0.2) is 23.0 Å².